The summed E-state index contributed by atoms with van der Waals surface area (Å²) in [6.45, 7) is 8.32. The minimum atomic E-state index is 0.0980. The monoisotopic (exact) mass is 267 g/mol. The van der Waals surface area contributed by atoms with E-state index in [4.69, 9.17) is 10.3 Å². The molecule has 19 heavy (non-hydrogen) atoms. The molecule has 1 aliphatic rings. The molecule has 6 heteroatoms. The lowest BCUT2D eigenvalue weighted by Gasteiger charge is -2.31. The molecule has 0 spiro atoms. The van der Waals surface area contributed by atoms with Gasteiger partial charge in [0.2, 0.25) is 5.89 Å². The highest BCUT2D eigenvalue weighted by molar-refractivity contribution is 5.28. The van der Waals surface area contributed by atoms with Crippen LogP contribution in [0.2, 0.25) is 0 Å². The van der Waals surface area contributed by atoms with E-state index in [0.717, 1.165) is 32.6 Å². The topological polar surface area (TPSA) is 71.4 Å². The Bertz CT molecular complexity index is 384. The maximum atomic E-state index is 6.06. The van der Waals surface area contributed by atoms with Crippen LogP contribution >= 0.6 is 0 Å². The van der Waals surface area contributed by atoms with Crippen molar-refractivity contribution in [2.24, 2.45) is 11.7 Å². The normalized spacial score (nSPS) is 19.1. The quantitative estimate of drug-likeness (QED) is 0.848. The zero-order valence-corrected chi connectivity index (χ0v) is 12.2. The van der Waals surface area contributed by atoms with Gasteiger partial charge in [0.05, 0.1) is 0 Å². The van der Waals surface area contributed by atoms with Crippen molar-refractivity contribution >= 4 is 5.95 Å². The van der Waals surface area contributed by atoms with Gasteiger partial charge < -0.3 is 20.1 Å². The van der Waals surface area contributed by atoms with Crippen LogP contribution in [0.25, 0.3) is 0 Å². The first-order valence-corrected chi connectivity index (χ1v) is 7.06. The van der Waals surface area contributed by atoms with Gasteiger partial charge in [0.1, 0.15) is 0 Å². The summed E-state index contributed by atoms with van der Waals surface area (Å²) in [5.74, 6) is 1.96. The molecule has 1 aliphatic heterocycles. The van der Waals surface area contributed by atoms with Gasteiger partial charge >= 0.3 is 0 Å². The van der Waals surface area contributed by atoms with Gasteiger partial charge in [-0.1, -0.05) is 13.8 Å². The van der Waals surface area contributed by atoms with Crippen LogP contribution in [0.15, 0.2) is 4.52 Å². The lowest BCUT2D eigenvalue weighted by Crippen LogP contribution is -2.44. The summed E-state index contributed by atoms with van der Waals surface area (Å²) in [6, 6.07) is 0.0980. The van der Waals surface area contributed by atoms with Crippen LogP contribution in [-0.4, -0.2) is 54.3 Å². The maximum Gasteiger partial charge on any atom is 0.266 e. The molecule has 0 aromatic carbocycles. The molecule has 2 rings (SSSR count). The minimum absolute atomic E-state index is 0.0980. The van der Waals surface area contributed by atoms with Crippen LogP contribution in [0, 0.1) is 5.92 Å². The Morgan fingerprint density at radius 1 is 1.26 bits per heavy atom. The van der Waals surface area contributed by atoms with Crippen molar-refractivity contribution in [3.05, 3.63) is 5.89 Å². The molecule has 0 aliphatic carbocycles. The number of rotatable bonds is 5. The van der Waals surface area contributed by atoms with Crippen molar-refractivity contribution in [3.63, 3.8) is 0 Å². The fraction of sp³-hybridized carbons (Fsp3) is 0.846. The molecule has 6 nitrogen and oxygen atoms in total. The molecule has 1 unspecified atom stereocenters. The maximum absolute atomic E-state index is 6.06. The van der Waals surface area contributed by atoms with Gasteiger partial charge in [-0.3, -0.25) is 0 Å². The Kier molecular flexibility index (Phi) is 4.76. The molecule has 1 atom stereocenters. The Morgan fingerprint density at radius 2 is 1.95 bits per heavy atom. The van der Waals surface area contributed by atoms with Gasteiger partial charge in [0.25, 0.3) is 5.95 Å². The largest absolute Gasteiger partial charge is 0.337 e. The second-order valence-electron chi connectivity index (χ2n) is 5.87. The van der Waals surface area contributed by atoms with E-state index in [1.807, 2.05) is 0 Å². The number of likely N-dealkylation sites (N-methyl/N-ethyl adjacent to an activating group) is 1. The first-order chi connectivity index (χ1) is 9.04. The molecule has 2 heterocycles. The van der Waals surface area contributed by atoms with E-state index in [1.165, 1.54) is 0 Å². The molecule has 1 aromatic heterocycles. The molecule has 1 fully saturated rings. The molecule has 2 N–H and O–H groups in total. The van der Waals surface area contributed by atoms with E-state index in [-0.39, 0.29) is 6.04 Å². The van der Waals surface area contributed by atoms with Gasteiger partial charge in [-0.2, -0.15) is 4.98 Å². The Balaban J connectivity index is 1.88. The second kappa shape index (κ2) is 6.34. The third kappa shape index (κ3) is 4.18. The molecule has 0 amide bonds. The van der Waals surface area contributed by atoms with Crippen molar-refractivity contribution in [1.82, 2.24) is 15.0 Å². The first kappa shape index (κ1) is 14.3. The van der Waals surface area contributed by atoms with E-state index >= 15 is 0 Å². The lowest BCUT2D eigenvalue weighted by molar-refractivity contribution is 0.308. The van der Waals surface area contributed by atoms with Crippen molar-refractivity contribution in [2.45, 2.75) is 32.7 Å². The molecule has 0 saturated carbocycles. The third-order valence-electron chi connectivity index (χ3n) is 3.45. The number of piperazine rings is 1. The second-order valence-corrected chi connectivity index (χ2v) is 5.87. The van der Waals surface area contributed by atoms with E-state index in [0.29, 0.717) is 24.2 Å². The average molecular weight is 267 g/mol. The van der Waals surface area contributed by atoms with Gasteiger partial charge in [0.15, 0.2) is 0 Å². The van der Waals surface area contributed by atoms with Crippen LogP contribution in [0.3, 0.4) is 0 Å². The van der Waals surface area contributed by atoms with E-state index < -0.39 is 0 Å². The Morgan fingerprint density at radius 3 is 2.58 bits per heavy atom. The Labute approximate surface area is 114 Å². The van der Waals surface area contributed by atoms with Gasteiger partial charge in [-0.25, -0.2) is 0 Å². The van der Waals surface area contributed by atoms with Crippen LogP contribution in [0.1, 0.15) is 26.2 Å². The summed E-state index contributed by atoms with van der Waals surface area (Å²) < 4.78 is 5.30. The highest BCUT2D eigenvalue weighted by Crippen LogP contribution is 2.14. The third-order valence-corrected chi connectivity index (χ3v) is 3.45. The summed E-state index contributed by atoms with van der Waals surface area (Å²) >= 11 is 0. The fourth-order valence-corrected chi connectivity index (χ4v) is 2.38. The van der Waals surface area contributed by atoms with Crippen LogP contribution in [0.5, 0.6) is 0 Å². The number of hydrogen-bond acceptors (Lipinski definition) is 6. The predicted octanol–water partition coefficient (Wildman–Crippen LogP) is 0.737. The fourth-order valence-electron chi connectivity index (χ4n) is 2.38. The Hall–Kier alpha value is -1.14. The molecule has 0 bridgehead atoms. The number of aromatic nitrogens is 2. The van der Waals surface area contributed by atoms with Crippen molar-refractivity contribution in [2.75, 3.05) is 38.1 Å². The summed E-state index contributed by atoms with van der Waals surface area (Å²) in [5.41, 5.74) is 6.06. The van der Waals surface area contributed by atoms with Gasteiger partial charge in [-0.15, -0.1) is 0 Å². The predicted molar refractivity (Wildman–Crippen MR) is 75.1 cm³/mol. The highest BCUT2D eigenvalue weighted by Gasteiger charge is 2.20. The number of hydrogen-bond donors (Lipinski definition) is 1. The zero-order valence-electron chi connectivity index (χ0n) is 12.2. The smallest absolute Gasteiger partial charge is 0.266 e. The standard InChI is InChI=1S/C13H25N5O/c1-10(2)8-11(14)9-12-15-13(16-19-12)18-6-4-17(3)5-7-18/h10-11H,4-9,14H2,1-3H3. The zero-order chi connectivity index (χ0) is 13.8. The SMILES string of the molecule is CC(C)CC(N)Cc1nc(N2CCN(C)CC2)no1. The van der Waals surface area contributed by atoms with Gasteiger partial charge in [-0.05, 0) is 24.5 Å². The molecule has 1 aromatic rings. The summed E-state index contributed by atoms with van der Waals surface area (Å²) in [6.07, 6.45) is 1.64. The van der Waals surface area contributed by atoms with Crippen LogP contribution in [-0.2, 0) is 6.42 Å². The van der Waals surface area contributed by atoms with Crippen LogP contribution < -0.4 is 10.6 Å². The van der Waals surface area contributed by atoms with E-state index in [1.54, 1.807) is 0 Å². The summed E-state index contributed by atoms with van der Waals surface area (Å²) in [5, 5.41) is 4.06. The summed E-state index contributed by atoms with van der Waals surface area (Å²) in [7, 11) is 2.13. The molecule has 0 radical (unpaired) electrons. The van der Waals surface area contributed by atoms with Gasteiger partial charge in [0, 0.05) is 38.6 Å². The number of nitrogens with two attached hydrogens (primary N) is 1. The summed E-state index contributed by atoms with van der Waals surface area (Å²) in [4.78, 5) is 8.93. The minimum Gasteiger partial charge on any atom is -0.337 e. The molecule has 1 saturated heterocycles. The van der Waals surface area contributed by atoms with Crippen molar-refractivity contribution < 1.29 is 4.52 Å². The molecular formula is C13H25N5O. The highest BCUT2D eigenvalue weighted by atomic mass is 16.5. The van der Waals surface area contributed by atoms with Crippen molar-refractivity contribution in [1.29, 1.82) is 0 Å². The van der Waals surface area contributed by atoms with E-state index in [2.05, 4.69) is 40.8 Å². The van der Waals surface area contributed by atoms with Crippen LogP contribution in [0.4, 0.5) is 5.95 Å². The molecule has 108 valence electrons. The van der Waals surface area contributed by atoms with E-state index in [9.17, 15) is 0 Å². The molecular weight excluding hydrogens is 242 g/mol. The average Bonchev–Trinajstić information content (AvgIpc) is 2.77. The lowest BCUT2D eigenvalue weighted by atomic mass is 10.0. The number of nitrogens with zero attached hydrogens (tertiary/aromatic N) is 4. The number of anilines is 1. The first-order valence-electron chi connectivity index (χ1n) is 7.06. The van der Waals surface area contributed by atoms with Crippen molar-refractivity contribution in [3.8, 4) is 0 Å².